The van der Waals surface area contributed by atoms with Gasteiger partial charge >= 0.3 is 0 Å². The second-order valence-electron chi connectivity index (χ2n) is 2.24. The quantitative estimate of drug-likeness (QED) is 0.665. The fourth-order valence-corrected chi connectivity index (χ4v) is 1.47. The summed E-state index contributed by atoms with van der Waals surface area (Å²) in [5, 5.41) is 3.11. The maximum absolute atomic E-state index is 4.18. The summed E-state index contributed by atoms with van der Waals surface area (Å²) < 4.78 is 0. The van der Waals surface area contributed by atoms with E-state index in [0.717, 1.165) is 11.7 Å². The first-order valence-corrected chi connectivity index (χ1v) is 4.33. The third-order valence-electron chi connectivity index (χ3n) is 1.30. The number of rotatable bonds is 3. The van der Waals surface area contributed by atoms with Crippen LogP contribution in [0, 0.1) is 0 Å². The van der Waals surface area contributed by atoms with Crippen LogP contribution >= 0.6 is 11.3 Å². The molecule has 56 valence electrons. The lowest BCUT2D eigenvalue weighted by atomic mass is 10.5. The van der Waals surface area contributed by atoms with Gasteiger partial charge in [0.25, 0.3) is 0 Å². The molecule has 0 saturated heterocycles. The zero-order valence-electron chi connectivity index (χ0n) is 6.37. The van der Waals surface area contributed by atoms with Crippen molar-refractivity contribution in [2.75, 3.05) is 18.5 Å². The summed E-state index contributed by atoms with van der Waals surface area (Å²) in [5.41, 5.74) is 0. The largest absolute Gasteiger partial charge is 0.351 e. The van der Waals surface area contributed by atoms with Gasteiger partial charge in [0.2, 0.25) is 0 Å². The van der Waals surface area contributed by atoms with Gasteiger partial charge in [-0.3, -0.25) is 0 Å². The molecule has 1 heterocycles. The van der Waals surface area contributed by atoms with Crippen LogP contribution in [0.3, 0.4) is 0 Å². The van der Waals surface area contributed by atoms with E-state index in [4.69, 9.17) is 0 Å². The highest BCUT2D eigenvalue weighted by Gasteiger charge is 1.99. The van der Waals surface area contributed by atoms with Gasteiger partial charge < -0.3 is 4.90 Å². The third-order valence-corrected chi connectivity index (χ3v) is 2.19. The number of anilines is 1. The first-order valence-electron chi connectivity index (χ1n) is 3.45. The van der Waals surface area contributed by atoms with Gasteiger partial charge in [0.15, 0.2) is 5.13 Å². The van der Waals surface area contributed by atoms with Crippen molar-refractivity contribution < 1.29 is 0 Å². The highest BCUT2D eigenvalue weighted by atomic mass is 32.1. The van der Waals surface area contributed by atoms with E-state index < -0.39 is 0 Å². The minimum Gasteiger partial charge on any atom is -0.351 e. The average Bonchev–Trinajstić information content (AvgIpc) is 2.38. The first kappa shape index (κ1) is 7.54. The van der Waals surface area contributed by atoms with E-state index in [1.54, 1.807) is 11.3 Å². The molecule has 0 N–H and O–H groups in total. The number of hydrogen-bond donors (Lipinski definition) is 0. The Kier molecular flexibility index (Phi) is 2.68. The van der Waals surface area contributed by atoms with E-state index >= 15 is 0 Å². The van der Waals surface area contributed by atoms with Gasteiger partial charge in [0.1, 0.15) is 0 Å². The van der Waals surface area contributed by atoms with E-state index in [1.807, 2.05) is 11.6 Å². The molecule has 1 aromatic heterocycles. The molecular formula is C7H12N2S. The molecule has 3 heteroatoms. The van der Waals surface area contributed by atoms with Gasteiger partial charge in [-0.1, -0.05) is 6.92 Å². The van der Waals surface area contributed by atoms with Crippen LogP contribution in [0.15, 0.2) is 11.6 Å². The van der Waals surface area contributed by atoms with Crippen LogP contribution in [0.25, 0.3) is 0 Å². The average molecular weight is 156 g/mol. The molecule has 0 aromatic carbocycles. The number of hydrogen-bond acceptors (Lipinski definition) is 3. The Morgan fingerprint density at radius 1 is 1.70 bits per heavy atom. The molecule has 10 heavy (non-hydrogen) atoms. The fourth-order valence-electron chi connectivity index (χ4n) is 0.835. The zero-order chi connectivity index (χ0) is 7.40. The molecule has 0 fully saturated rings. The monoisotopic (exact) mass is 156 g/mol. The molecule has 0 saturated carbocycles. The zero-order valence-corrected chi connectivity index (χ0v) is 7.19. The van der Waals surface area contributed by atoms with E-state index in [9.17, 15) is 0 Å². The third kappa shape index (κ3) is 1.70. The van der Waals surface area contributed by atoms with E-state index in [1.165, 1.54) is 6.42 Å². The Morgan fingerprint density at radius 2 is 2.50 bits per heavy atom. The van der Waals surface area contributed by atoms with E-state index in [0.29, 0.717) is 0 Å². The molecule has 0 unspecified atom stereocenters. The predicted molar refractivity (Wildman–Crippen MR) is 45.7 cm³/mol. The smallest absolute Gasteiger partial charge is 0.184 e. The van der Waals surface area contributed by atoms with Crippen molar-refractivity contribution in [1.82, 2.24) is 4.98 Å². The van der Waals surface area contributed by atoms with Gasteiger partial charge in [0.05, 0.1) is 0 Å². The van der Waals surface area contributed by atoms with Crippen LogP contribution in [-0.4, -0.2) is 18.6 Å². The van der Waals surface area contributed by atoms with Crippen LogP contribution in [-0.2, 0) is 0 Å². The van der Waals surface area contributed by atoms with Gasteiger partial charge in [-0.25, -0.2) is 4.98 Å². The van der Waals surface area contributed by atoms with Crippen LogP contribution in [0.5, 0.6) is 0 Å². The Labute approximate surface area is 65.5 Å². The van der Waals surface area contributed by atoms with Crippen LogP contribution in [0.4, 0.5) is 5.13 Å². The van der Waals surface area contributed by atoms with Gasteiger partial charge in [-0.2, -0.15) is 0 Å². The van der Waals surface area contributed by atoms with Crippen molar-refractivity contribution in [2.45, 2.75) is 13.3 Å². The van der Waals surface area contributed by atoms with Gasteiger partial charge in [-0.05, 0) is 6.42 Å². The van der Waals surface area contributed by atoms with Crippen molar-refractivity contribution in [1.29, 1.82) is 0 Å². The summed E-state index contributed by atoms with van der Waals surface area (Å²) in [6, 6.07) is 0. The molecule has 0 aliphatic rings. The molecule has 0 aliphatic carbocycles. The summed E-state index contributed by atoms with van der Waals surface area (Å²) in [4.78, 5) is 6.35. The van der Waals surface area contributed by atoms with Crippen LogP contribution < -0.4 is 4.90 Å². The Bertz CT molecular complexity index is 172. The second kappa shape index (κ2) is 3.56. The number of thiazole rings is 1. The lowest BCUT2D eigenvalue weighted by Crippen LogP contribution is -2.17. The highest BCUT2D eigenvalue weighted by molar-refractivity contribution is 7.13. The summed E-state index contributed by atoms with van der Waals surface area (Å²) in [7, 11) is 2.07. The minimum absolute atomic E-state index is 1.09. The van der Waals surface area contributed by atoms with Gasteiger partial charge in [-0.15, -0.1) is 11.3 Å². The van der Waals surface area contributed by atoms with Crippen LogP contribution in [0.1, 0.15) is 13.3 Å². The molecule has 0 radical (unpaired) electrons. The van der Waals surface area contributed by atoms with Crippen molar-refractivity contribution in [3.8, 4) is 0 Å². The molecule has 1 rings (SSSR count). The minimum atomic E-state index is 1.09. The molecule has 0 aliphatic heterocycles. The maximum atomic E-state index is 4.18. The first-order chi connectivity index (χ1) is 4.84. The lowest BCUT2D eigenvalue weighted by molar-refractivity contribution is 0.848. The molecule has 0 amide bonds. The highest BCUT2D eigenvalue weighted by Crippen LogP contribution is 2.14. The maximum Gasteiger partial charge on any atom is 0.184 e. The predicted octanol–water partition coefficient (Wildman–Crippen LogP) is 1.99. The SMILES string of the molecule is CCCN(C)c1nccs1. The Balaban J connectivity index is 2.50. The standard InChI is InChI=1S/C7H12N2S/c1-3-5-9(2)7-8-4-6-10-7/h4,6H,3,5H2,1-2H3. The fraction of sp³-hybridized carbons (Fsp3) is 0.571. The summed E-state index contributed by atoms with van der Waals surface area (Å²) in [6.45, 7) is 3.26. The topological polar surface area (TPSA) is 16.1 Å². The molecular weight excluding hydrogens is 144 g/mol. The summed E-state index contributed by atoms with van der Waals surface area (Å²) >= 11 is 1.69. The summed E-state index contributed by atoms with van der Waals surface area (Å²) in [6.07, 6.45) is 3.02. The van der Waals surface area contributed by atoms with E-state index in [-0.39, 0.29) is 0 Å². The molecule has 0 spiro atoms. The van der Waals surface area contributed by atoms with Crippen molar-refractivity contribution in [3.05, 3.63) is 11.6 Å². The van der Waals surface area contributed by atoms with E-state index in [2.05, 4.69) is 23.9 Å². The number of nitrogens with zero attached hydrogens (tertiary/aromatic N) is 2. The molecule has 0 atom stereocenters. The Hall–Kier alpha value is -0.570. The molecule has 2 nitrogen and oxygen atoms in total. The molecule has 1 aromatic rings. The second-order valence-corrected chi connectivity index (χ2v) is 3.11. The summed E-state index contributed by atoms with van der Waals surface area (Å²) in [5.74, 6) is 0. The normalized spacial score (nSPS) is 9.80. The Morgan fingerprint density at radius 3 is 3.00 bits per heavy atom. The van der Waals surface area contributed by atoms with Crippen molar-refractivity contribution in [2.24, 2.45) is 0 Å². The number of aromatic nitrogens is 1. The van der Waals surface area contributed by atoms with Crippen molar-refractivity contribution in [3.63, 3.8) is 0 Å². The lowest BCUT2D eigenvalue weighted by Gasteiger charge is -2.12. The molecule has 0 bridgehead atoms. The van der Waals surface area contributed by atoms with Crippen molar-refractivity contribution >= 4 is 16.5 Å². The van der Waals surface area contributed by atoms with Gasteiger partial charge in [0, 0.05) is 25.2 Å². The van der Waals surface area contributed by atoms with Crippen LogP contribution in [0.2, 0.25) is 0 Å².